The van der Waals surface area contributed by atoms with Gasteiger partial charge in [0.05, 0.1) is 24.8 Å². The zero-order chi connectivity index (χ0) is 29.2. The maximum absolute atomic E-state index is 13.4. The lowest BCUT2D eigenvalue weighted by molar-refractivity contribution is -0.121. The number of hydrogen-bond acceptors (Lipinski definition) is 6. The highest BCUT2D eigenvalue weighted by molar-refractivity contribution is 7.89. The summed E-state index contributed by atoms with van der Waals surface area (Å²) >= 11 is 12.2. The van der Waals surface area contributed by atoms with Gasteiger partial charge >= 0.3 is 0 Å². The highest BCUT2D eigenvalue weighted by Gasteiger charge is 2.27. The van der Waals surface area contributed by atoms with Crippen molar-refractivity contribution in [1.29, 1.82) is 0 Å². The van der Waals surface area contributed by atoms with E-state index in [4.69, 9.17) is 32.7 Å². The van der Waals surface area contributed by atoms with E-state index in [-0.39, 0.29) is 11.4 Å². The Morgan fingerprint density at radius 3 is 2.34 bits per heavy atom. The Labute approximate surface area is 249 Å². The Kier molecular flexibility index (Phi) is 10.4. The van der Waals surface area contributed by atoms with Gasteiger partial charge in [-0.25, -0.2) is 13.8 Å². The summed E-state index contributed by atoms with van der Waals surface area (Å²) < 4.78 is 39.2. The fourth-order valence-corrected chi connectivity index (χ4v) is 5.49. The van der Waals surface area contributed by atoms with Crippen molar-refractivity contribution in [2.45, 2.75) is 18.0 Å². The first kappa shape index (κ1) is 30.1. The molecule has 0 saturated carbocycles. The third-order valence-electron chi connectivity index (χ3n) is 5.90. The maximum Gasteiger partial charge on any atom is 0.255 e. The van der Waals surface area contributed by atoms with Crippen LogP contribution in [-0.2, 0) is 28.0 Å². The number of carbonyl (C=O) groups is 1. The highest BCUT2D eigenvalue weighted by Crippen LogP contribution is 2.28. The van der Waals surface area contributed by atoms with Crippen molar-refractivity contribution in [3.8, 4) is 11.5 Å². The number of nitrogens with one attached hydrogen (secondary N) is 1. The molecule has 0 atom stereocenters. The molecule has 41 heavy (non-hydrogen) atoms. The number of halogens is 2. The van der Waals surface area contributed by atoms with E-state index < -0.39 is 22.5 Å². The van der Waals surface area contributed by atoms with Crippen LogP contribution in [0.15, 0.2) is 107 Å². The van der Waals surface area contributed by atoms with Crippen LogP contribution < -0.4 is 14.9 Å². The van der Waals surface area contributed by atoms with E-state index in [0.717, 1.165) is 9.87 Å². The SMILES string of the molecule is COc1cc(/C=N\NC(=O)CN(Cc2ccccc2Cl)S(=O)(=O)c2ccc(Cl)cc2)ccc1OCc1ccccc1. The largest absolute Gasteiger partial charge is 0.493 e. The summed E-state index contributed by atoms with van der Waals surface area (Å²) in [5, 5.41) is 4.77. The normalized spacial score (nSPS) is 11.5. The molecule has 212 valence electrons. The van der Waals surface area contributed by atoms with Gasteiger partial charge in [-0.2, -0.15) is 9.41 Å². The van der Waals surface area contributed by atoms with Crippen molar-refractivity contribution >= 4 is 45.3 Å². The number of rotatable bonds is 12. The molecule has 11 heteroatoms. The quantitative estimate of drug-likeness (QED) is 0.158. The average Bonchev–Trinajstić information content (AvgIpc) is 2.98. The van der Waals surface area contributed by atoms with Crippen LogP contribution in [0, 0.1) is 0 Å². The summed E-state index contributed by atoms with van der Waals surface area (Å²) in [6.45, 7) is -0.239. The van der Waals surface area contributed by atoms with Gasteiger partial charge in [0.15, 0.2) is 11.5 Å². The van der Waals surface area contributed by atoms with Crippen LogP contribution in [0.1, 0.15) is 16.7 Å². The van der Waals surface area contributed by atoms with E-state index in [9.17, 15) is 13.2 Å². The number of hydrogen-bond donors (Lipinski definition) is 1. The first-order chi connectivity index (χ1) is 19.8. The third-order valence-corrected chi connectivity index (χ3v) is 8.33. The fourth-order valence-electron chi connectivity index (χ4n) is 3.79. The summed E-state index contributed by atoms with van der Waals surface area (Å²) in [5.41, 5.74) is 4.59. The van der Waals surface area contributed by atoms with Gasteiger partial charge in [-0.05, 0) is 65.2 Å². The van der Waals surface area contributed by atoms with Crippen molar-refractivity contribution in [3.05, 3.63) is 124 Å². The number of nitrogens with zero attached hydrogens (tertiary/aromatic N) is 2. The Hall–Kier alpha value is -3.89. The molecule has 0 radical (unpaired) electrons. The zero-order valence-electron chi connectivity index (χ0n) is 22.0. The van der Waals surface area contributed by atoms with E-state index >= 15 is 0 Å². The monoisotopic (exact) mass is 611 g/mol. The minimum absolute atomic E-state index is 0.00748. The van der Waals surface area contributed by atoms with E-state index in [1.165, 1.54) is 37.6 Å². The van der Waals surface area contributed by atoms with E-state index in [1.54, 1.807) is 42.5 Å². The maximum atomic E-state index is 13.4. The molecule has 0 aliphatic rings. The van der Waals surface area contributed by atoms with Crippen molar-refractivity contribution in [2.75, 3.05) is 13.7 Å². The predicted octanol–water partition coefficient (Wildman–Crippen LogP) is 5.92. The lowest BCUT2D eigenvalue weighted by Gasteiger charge is -2.22. The molecule has 1 amide bonds. The highest BCUT2D eigenvalue weighted by atomic mass is 35.5. The Balaban J connectivity index is 1.44. The van der Waals surface area contributed by atoms with Gasteiger partial charge in [0.1, 0.15) is 6.61 Å². The molecule has 0 fully saturated rings. The number of amides is 1. The molecule has 1 N–H and O–H groups in total. The van der Waals surface area contributed by atoms with Gasteiger partial charge in [0, 0.05) is 16.6 Å². The number of hydrazone groups is 1. The number of methoxy groups -OCH3 is 1. The Bertz CT molecular complexity index is 1620. The smallest absolute Gasteiger partial charge is 0.255 e. The molecule has 0 aromatic heterocycles. The van der Waals surface area contributed by atoms with Crippen LogP contribution in [0.3, 0.4) is 0 Å². The second kappa shape index (κ2) is 14.1. The van der Waals surface area contributed by atoms with E-state index in [0.29, 0.717) is 39.3 Å². The standard InChI is InChI=1S/C30H27Cl2N3O5S/c1-39-29-17-23(11-16-28(29)40-21-22-7-3-2-4-8-22)18-33-34-30(36)20-35(19-24-9-5-6-10-27(24)32)41(37,38)26-14-12-25(31)13-15-26/h2-18H,19-21H2,1H3,(H,34,36)/b33-18-. The van der Waals surface area contributed by atoms with Gasteiger partial charge in [0.2, 0.25) is 10.0 Å². The second-order valence-electron chi connectivity index (χ2n) is 8.80. The van der Waals surface area contributed by atoms with Gasteiger partial charge in [-0.3, -0.25) is 4.79 Å². The van der Waals surface area contributed by atoms with Crippen molar-refractivity contribution in [1.82, 2.24) is 9.73 Å². The predicted molar refractivity (Wildman–Crippen MR) is 160 cm³/mol. The molecule has 8 nitrogen and oxygen atoms in total. The van der Waals surface area contributed by atoms with Crippen LogP contribution in [0.4, 0.5) is 0 Å². The molecule has 0 spiro atoms. The Morgan fingerprint density at radius 1 is 0.927 bits per heavy atom. The van der Waals surface area contributed by atoms with Crippen LogP contribution in [0.2, 0.25) is 10.0 Å². The van der Waals surface area contributed by atoms with Crippen LogP contribution >= 0.6 is 23.2 Å². The van der Waals surface area contributed by atoms with Gasteiger partial charge < -0.3 is 9.47 Å². The topological polar surface area (TPSA) is 97.3 Å². The van der Waals surface area contributed by atoms with E-state index in [2.05, 4.69) is 10.5 Å². The van der Waals surface area contributed by atoms with Gasteiger partial charge in [-0.1, -0.05) is 71.7 Å². The summed E-state index contributed by atoms with van der Waals surface area (Å²) in [7, 11) is -2.54. The van der Waals surface area contributed by atoms with Gasteiger partial charge in [-0.15, -0.1) is 0 Å². The first-order valence-corrected chi connectivity index (χ1v) is 14.6. The molecule has 4 aromatic rings. The molecule has 0 aliphatic heterocycles. The molecule has 0 bridgehead atoms. The summed E-state index contributed by atoms with van der Waals surface area (Å²) in [4.78, 5) is 12.8. The van der Waals surface area contributed by atoms with Crippen LogP contribution in [0.5, 0.6) is 11.5 Å². The molecule has 0 unspecified atom stereocenters. The lowest BCUT2D eigenvalue weighted by Crippen LogP contribution is -2.39. The number of carbonyl (C=O) groups excluding carboxylic acids is 1. The van der Waals surface area contributed by atoms with Crippen molar-refractivity contribution in [2.24, 2.45) is 5.10 Å². The van der Waals surface area contributed by atoms with Crippen LogP contribution in [-0.4, -0.2) is 38.5 Å². The summed E-state index contributed by atoms with van der Waals surface area (Å²) in [5.74, 6) is 0.414. The molecular formula is C30H27Cl2N3O5S. The number of benzene rings is 4. The van der Waals surface area contributed by atoms with Crippen molar-refractivity contribution in [3.63, 3.8) is 0 Å². The number of sulfonamides is 1. The molecule has 0 saturated heterocycles. The fraction of sp³-hybridized carbons (Fsp3) is 0.133. The summed E-state index contributed by atoms with van der Waals surface area (Å²) in [6, 6.07) is 27.5. The minimum Gasteiger partial charge on any atom is -0.493 e. The van der Waals surface area contributed by atoms with Crippen LogP contribution in [0.25, 0.3) is 0 Å². The molecule has 0 aliphatic carbocycles. The van der Waals surface area contributed by atoms with Crippen molar-refractivity contribution < 1.29 is 22.7 Å². The average molecular weight is 613 g/mol. The summed E-state index contributed by atoms with van der Waals surface area (Å²) in [6.07, 6.45) is 1.42. The molecule has 0 heterocycles. The minimum atomic E-state index is -4.07. The lowest BCUT2D eigenvalue weighted by atomic mass is 10.2. The Morgan fingerprint density at radius 2 is 1.63 bits per heavy atom. The molecular weight excluding hydrogens is 585 g/mol. The molecule has 4 rings (SSSR count). The van der Waals surface area contributed by atoms with E-state index in [1.807, 2.05) is 30.3 Å². The second-order valence-corrected chi connectivity index (χ2v) is 11.6. The third kappa shape index (κ3) is 8.31. The first-order valence-electron chi connectivity index (χ1n) is 12.4. The zero-order valence-corrected chi connectivity index (χ0v) is 24.4. The van der Waals surface area contributed by atoms with Gasteiger partial charge in [0.25, 0.3) is 5.91 Å². The molecule has 4 aromatic carbocycles. The number of ether oxygens (including phenoxy) is 2.